The lowest BCUT2D eigenvalue weighted by Crippen LogP contribution is -2.51. The molecule has 2 aromatic heterocycles. The van der Waals surface area contributed by atoms with Gasteiger partial charge < -0.3 is 13.9 Å². The number of hydrogen-bond acceptors (Lipinski definition) is 6. The summed E-state index contributed by atoms with van der Waals surface area (Å²) in [7, 11) is 0. The molecule has 0 atom stereocenters. The number of alkyl halides is 2. The van der Waals surface area contributed by atoms with Gasteiger partial charge in [-0.05, 0) is 87.7 Å². The van der Waals surface area contributed by atoms with Gasteiger partial charge in [0.05, 0.1) is 5.69 Å². The molecule has 0 saturated heterocycles. The van der Waals surface area contributed by atoms with Crippen LogP contribution in [0.2, 0.25) is 0 Å². The molecular formula is C35H44F2N4O3. The smallest absolute Gasteiger partial charge is 0.248 e. The van der Waals surface area contributed by atoms with Crippen molar-refractivity contribution in [1.29, 1.82) is 0 Å². The summed E-state index contributed by atoms with van der Waals surface area (Å²) in [5.74, 6) is 0.125. The van der Waals surface area contributed by atoms with Crippen LogP contribution in [0.3, 0.4) is 0 Å². The summed E-state index contributed by atoms with van der Waals surface area (Å²) in [4.78, 5) is 20.9. The van der Waals surface area contributed by atoms with Crippen molar-refractivity contribution in [3.8, 4) is 11.3 Å². The van der Waals surface area contributed by atoms with E-state index in [1.54, 1.807) is 0 Å². The Labute approximate surface area is 258 Å². The monoisotopic (exact) mass is 606 g/mol. The summed E-state index contributed by atoms with van der Waals surface area (Å²) in [6, 6.07) is 10.0. The van der Waals surface area contributed by atoms with E-state index >= 15 is 0 Å². The molecule has 0 spiro atoms. The van der Waals surface area contributed by atoms with Gasteiger partial charge in [0.1, 0.15) is 0 Å². The third-order valence-electron chi connectivity index (χ3n) is 11.0. The fourth-order valence-electron chi connectivity index (χ4n) is 7.71. The van der Waals surface area contributed by atoms with Crippen molar-refractivity contribution in [2.75, 3.05) is 11.4 Å². The number of anilines is 1. The van der Waals surface area contributed by atoms with Crippen molar-refractivity contribution in [3.63, 3.8) is 0 Å². The summed E-state index contributed by atoms with van der Waals surface area (Å²) in [5, 5.41) is 8.60. The van der Waals surface area contributed by atoms with Crippen molar-refractivity contribution >= 4 is 11.6 Å². The molecule has 5 aliphatic carbocycles. The molecule has 7 nitrogen and oxygen atoms in total. The Morgan fingerprint density at radius 3 is 2.27 bits per heavy atom. The van der Waals surface area contributed by atoms with E-state index in [9.17, 15) is 13.6 Å². The van der Waals surface area contributed by atoms with Gasteiger partial charge in [-0.3, -0.25) is 4.79 Å². The number of carbonyl (C=O) groups excluding carboxylic acids is 1. The highest BCUT2D eigenvalue weighted by Gasteiger charge is 2.53. The molecule has 236 valence electrons. The minimum Gasteiger partial charge on any atom is -0.356 e. The quantitative estimate of drug-likeness (QED) is 0.255. The number of aromatic nitrogens is 3. The minimum absolute atomic E-state index is 0.00866. The maximum absolute atomic E-state index is 14.1. The molecule has 2 bridgehead atoms. The van der Waals surface area contributed by atoms with Crippen LogP contribution in [0.4, 0.5) is 14.5 Å². The van der Waals surface area contributed by atoms with Gasteiger partial charge in [-0.1, -0.05) is 43.2 Å². The van der Waals surface area contributed by atoms with E-state index in [-0.39, 0.29) is 40.9 Å². The fourth-order valence-corrected chi connectivity index (χ4v) is 7.71. The van der Waals surface area contributed by atoms with Crippen LogP contribution >= 0.6 is 0 Å². The zero-order chi connectivity index (χ0) is 30.7. The van der Waals surface area contributed by atoms with Crippen LogP contribution in [0, 0.1) is 11.3 Å². The molecule has 5 aliphatic rings. The highest BCUT2D eigenvalue weighted by atomic mass is 19.3. The van der Waals surface area contributed by atoms with Crippen LogP contribution in [0.1, 0.15) is 128 Å². The second-order valence-corrected chi connectivity index (χ2v) is 15.4. The largest absolute Gasteiger partial charge is 0.356 e. The first-order valence-electron chi connectivity index (χ1n) is 16.5. The Bertz CT molecular complexity index is 1480. The molecular weight excluding hydrogens is 562 g/mol. The van der Waals surface area contributed by atoms with Crippen LogP contribution in [0.25, 0.3) is 11.3 Å². The number of rotatable bonds is 8. The Balaban J connectivity index is 1.12. The van der Waals surface area contributed by atoms with E-state index in [0.717, 1.165) is 80.0 Å². The van der Waals surface area contributed by atoms with Crippen molar-refractivity contribution < 1.29 is 22.6 Å². The normalized spacial score (nSPS) is 27.0. The van der Waals surface area contributed by atoms with Gasteiger partial charge in [0, 0.05) is 59.9 Å². The number of carbonyl (C=O) groups is 1. The second-order valence-electron chi connectivity index (χ2n) is 15.4. The van der Waals surface area contributed by atoms with Gasteiger partial charge in [0.25, 0.3) is 0 Å². The lowest BCUT2D eigenvalue weighted by atomic mass is 9.53. The van der Waals surface area contributed by atoms with E-state index in [0.29, 0.717) is 37.5 Å². The average molecular weight is 607 g/mol. The Morgan fingerprint density at radius 2 is 1.64 bits per heavy atom. The molecule has 0 radical (unpaired) electrons. The zero-order valence-corrected chi connectivity index (χ0v) is 26.2. The number of benzene rings is 1. The summed E-state index contributed by atoms with van der Waals surface area (Å²) in [5.41, 5.74) is 2.46. The fraction of sp³-hybridized carbons (Fsp3) is 0.657. The molecule has 0 aliphatic heterocycles. The van der Waals surface area contributed by atoms with Crippen molar-refractivity contribution in [2.24, 2.45) is 11.3 Å². The molecule has 0 N–H and O–H groups in total. The molecule has 1 aromatic carbocycles. The average Bonchev–Trinajstić information content (AvgIpc) is 3.49. The molecule has 44 heavy (non-hydrogen) atoms. The molecule has 8 rings (SSSR count). The Morgan fingerprint density at radius 1 is 0.932 bits per heavy atom. The van der Waals surface area contributed by atoms with E-state index < -0.39 is 5.92 Å². The third kappa shape index (κ3) is 5.83. The molecule has 2 heterocycles. The molecule has 9 heteroatoms. The first-order chi connectivity index (χ1) is 20.9. The standard InChI is InChI=1S/C35H44F2N4O3/c1-32(2,3)30-38-31(44-40-30)34-16-13-33(14-17-34,15-18-34)22-41(29(42)19-23-9-11-35(36,37)12-10-23)26-6-4-5-25(20-26)28-21-27(39-43-28)24-7-8-24/h4-6,20-21,23-24H,7-19,22H2,1-3H3. The van der Waals surface area contributed by atoms with Gasteiger partial charge in [-0.2, -0.15) is 4.98 Å². The molecule has 0 unspecified atom stereocenters. The van der Waals surface area contributed by atoms with Gasteiger partial charge in [0.15, 0.2) is 11.6 Å². The number of amides is 1. The molecule has 5 fully saturated rings. The van der Waals surface area contributed by atoms with Crippen LogP contribution < -0.4 is 4.90 Å². The van der Waals surface area contributed by atoms with Crippen LogP contribution in [0.15, 0.2) is 39.4 Å². The summed E-state index contributed by atoms with van der Waals surface area (Å²) < 4.78 is 39.4. The van der Waals surface area contributed by atoms with Crippen LogP contribution in [0.5, 0.6) is 0 Å². The van der Waals surface area contributed by atoms with Crippen LogP contribution in [-0.4, -0.2) is 33.7 Å². The minimum atomic E-state index is -2.61. The Hall–Kier alpha value is -3.10. The topological polar surface area (TPSA) is 85.3 Å². The number of fused-ring (bicyclic) bond motifs is 3. The summed E-state index contributed by atoms with van der Waals surface area (Å²) >= 11 is 0. The first kappa shape index (κ1) is 29.6. The summed E-state index contributed by atoms with van der Waals surface area (Å²) in [6.45, 7) is 6.91. The van der Waals surface area contributed by atoms with Gasteiger partial charge in [0.2, 0.25) is 17.7 Å². The molecule has 3 aromatic rings. The third-order valence-corrected chi connectivity index (χ3v) is 11.0. The predicted molar refractivity (Wildman–Crippen MR) is 163 cm³/mol. The SMILES string of the molecule is CC(C)(C)c1noc(C23CCC(CN(C(=O)CC4CCC(F)(F)CC4)c4cccc(-c5cc(C6CC6)no5)c4)(CC2)CC3)n1. The first-order valence-corrected chi connectivity index (χ1v) is 16.5. The zero-order valence-electron chi connectivity index (χ0n) is 26.2. The van der Waals surface area contributed by atoms with E-state index in [1.165, 1.54) is 0 Å². The number of halogens is 2. The maximum atomic E-state index is 14.1. The highest BCUT2D eigenvalue weighted by molar-refractivity contribution is 5.94. The van der Waals surface area contributed by atoms with E-state index in [1.807, 2.05) is 35.2 Å². The highest BCUT2D eigenvalue weighted by Crippen LogP contribution is 2.58. The summed E-state index contributed by atoms with van der Waals surface area (Å²) in [6.07, 6.45) is 8.93. The van der Waals surface area contributed by atoms with E-state index in [4.69, 9.17) is 14.0 Å². The van der Waals surface area contributed by atoms with Crippen molar-refractivity contribution in [3.05, 3.63) is 47.7 Å². The Kier molecular flexibility index (Phi) is 7.24. The van der Waals surface area contributed by atoms with E-state index in [2.05, 4.69) is 31.1 Å². The van der Waals surface area contributed by atoms with Crippen molar-refractivity contribution in [2.45, 2.75) is 127 Å². The number of hydrogen-bond donors (Lipinski definition) is 0. The molecule has 5 saturated carbocycles. The molecule has 1 amide bonds. The maximum Gasteiger partial charge on any atom is 0.248 e. The van der Waals surface area contributed by atoms with Gasteiger partial charge >= 0.3 is 0 Å². The predicted octanol–water partition coefficient (Wildman–Crippen LogP) is 8.74. The number of nitrogens with zero attached hydrogens (tertiary/aromatic N) is 4. The van der Waals surface area contributed by atoms with Crippen LogP contribution in [-0.2, 0) is 15.6 Å². The lowest BCUT2D eigenvalue weighted by Gasteiger charge is -2.53. The van der Waals surface area contributed by atoms with Gasteiger partial charge in [-0.15, -0.1) is 0 Å². The second kappa shape index (κ2) is 10.8. The van der Waals surface area contributed by atoms with Crippen molar-refractivity contribution in [1.82, 2.24) is 15.3 Å². The lowest BCUT2D eigenvalue weighted by molar-refractivity contribution is -0.121. The van der Waals surface area contributed by atoms with Gasteiger partial charge in [-0.25, -0.2) is 8.78 Å².